The van der Waals surface area contributed by atoms with Crippen LogP contribution < -0.4 is 9.64 Å². The number of hydrogen-bond acceptors (Lipinski definition) is 5. The molecule has 1 aliphatic rings. The molecule has 0 radical (unpaired) electrons. The second-order valence-corrected chi connectivity index (χ2v) is 6.15. The molecule has 0 bridgehead atoms. The summed E-state index contributed by atoms with van der Waals surface area (Å²) in [5.41, 5.74) is 2.40. The van der Waals surface area contributed by atoms with Crippen LogP contribution in [-0.4, -0.2) is 49.7 Å². The molecule has 128 valence electrons. The fourth-order valence-corrected chi connectivity index (χ4v) is 2.68. The molecule has 1 saturated heterocycles. The molecule has 0 aromatic heterocycles. The largest absolute Gasteiger partial charge is 0.493 e. The zero-order valence-electron chi connectivity index (χ0n) is 14.2. The number of hydroxylamine groups is 2. The Bertz CT molecular complexity index is 501. The lowest BCUT2D eigenvalue weighted by Gasteiger charge is -2.29. The van der Waals surface area contributed by atoms with Crippen LogP contribution in [-0.2, 0) is 4.74 Å². The summed E-state index contributed by atoms with van der Waals surface area (Å²) < 4.78 is 11.3. The Kier molecular flexibility index (Phi) is 6.74. The Hall–Kier alpha value is -1.72. The van der Waals surface area contributed by atoms with E-state index in [9.17, 15) is 5.21 Å². The van der Waals surface area contributed by atoms with Crippen LogP contribution in [0.5, 0.6) is 5.75 Å². The van der Waals surface area contributed by atoms with Crippen molar-refractivity contribution in [2.75, 3.05) is 44.4 Å². The molecule has 1 fully saturated rings. The maximum Gasteiger partial charge on any atom is 0.121 e. The van der Waals surface area contributed by atoms with Crippen molar-refractivity contribution in [3.05, 3.63) is 36.5 Å². The summed E-state index contributed by atoms with van der Waals surface area (Å²) in [6.45, 7) is 12.3. The van der Waals surface area contributed by atoms with E-state index in [1.165, 1.54) is 17.5 Å². The molecule has 0 unspecified atom stereocenters. The molecular weight excluding hydrogens is 292 g/mol. The van der Waals surface area contributed by atoms with Crippen LogP contribution >= 0.6 is 0 Å². The van der Waals surface area contributed by atoms with Crippen molar-refractivity contribution in [1.82, 2.24) is 5.06 Å². The summed E-state index contributed by atoms with van der Waals surface area (Å²) in [6, 6.07) is 6.36. The van der Waals surface area contributed by atoms with E-state index in [1.807, 2.05) is 0 Å². The molecule has 1 aliphatic heterocycles. The summed E-state index contributed by atoms with van der Waals surface area (Å²) >= 11 is 0. The van der Waals surface area contributed by atoms with Crippen molar-refractivity contribution in [2.45, 2.75) is 20.3 Å². The highest BCUT2D eigenvalue weighted by Gasteiger charge is 2.13. The minimum absolute atomic E-state index is 0.335. The van der Waals surface area contributed by atoms with E-state index in [-0.39, 0.29) is 0 Å². The maximum atomic E-state index is 9.42. The first-order chi connectivity index (χ1) is 11.1. The molecule has 1 aromatic carbocycles. The number of benzene rings is 1. The third kappa shape index (κ3) is 5.77. The molecule has 0 spiro atoms. The standard InChI is InChI=1S/C18H28N2O3/c1-4-20(21)14-15(2)5-8-23-18-12-16(3)11-17(13-18)19-6-9-22-10-7-19/h4,11-13,15,21H,1,5-10,14H2,2-3H3/t15-/m1/s1. The number of morpholine rings is 1. The molecule has 0 aliphatic carbocycles. The molecular formula is C18H28N2O3. The fraction of sp³-hybridized carbons (Fsp3) is 0.556. The molecule has 2 rings (SSSR count). The number of hydrogen-bond donors (Lipinski definition) is 1. The van der Waals surface area contributed by atoms with Gasteiger partial charge in [0.25, 0.3) is 0 Å². The van der Waals surface area contributed by atoms with Gasteiger partial charge in [0.05, 0.1) is 19.8 Å². The summed E-state index contributed by atoms with van der Waals surface area (Å²) in [5, 5.41) is 10.5. The second kappa shape index (κ2) is 8.79. The molecule has 5 nitrogen and oxygen atoms in total. The average Bonchev–Trinajstić information content (AvgIpc) is 2.55. The van der Waals surface area contributed by atoms with E-state index in [4.69, 9.17) is 9.47 Å². The molecule has 1 heterocycles. The average molecular weight is 320 g/mol. The Morgan fingerprint density at radius 1 is 1.39 bits per heavy atom. The van der Waals surface area contributed by atoms with Crippen LogP contribution in [0, 0.1) is 12.8 Å². The van der Waals surface area contributed by atoms with Crippen molar-refractivity contribution >= 4 is 5.69 Å². The maximum absolute atomic E-state index is 9.42. The van der Waals surface area contributed by atoms with Gasteiger partial charge in [-0.25, -0.2) is 0 Å². The van der Waals surface area contributed by atoms with Crippen LogP contribution in [0.3, 0.4) is 0 Å². The Balaban J connectivity index is 1.87. The van der Waals surface area contributed by atoms with Crippen LogP contribution in [0.15, 0.2) is 31.0 Å². The normalized spacial score (nSPS) is 16.0. The van der Waals surface area contributed by atoms with Gasteiger partial charge in [-0.3, -0.25) is 10.3 Å². The van der Waals surface area contributed by atoms with Crippen molar-refractivity contribution in [3.8, 4) is 5.75 Å². The van der Waals surface area contributed by atoms with Gasteiger partial charge in [-0.2, -0.15) is 0 Å². The van der Waals surface area contributed by atoms with Gasteiger partial charge in [-0.05, 0) is 37.0 Å². The van der Waals surface area contributed by atoms with Gasteiger partial charge in [-0.1, -0.05) is 13.5 Å². The highest BCUT2D eigenvalue weighted by molar-refractivity contribution is 5.53. The second-order valence-electron chi connectivity index (χ2n) is 6.15. The monoisotopic (exact) mass is 320 g/mol. The molecule has 0 saturated carbocycles. The summed E-state index contributed by atoms with van der Waals surface area (Å²) in [7, 11) is 0. The van der Waals surface area contributed by atoms with Gasteiger partial charge in [0, 0.05) is 37.6 Å². The summed E-state index contributed by atoms with van der Waals surface area (Å²) in [4.78, 5) is 2.33. The Labute approximate surface area is 139 Å². The number of rotatable bonds is 8. The first kappa shape index (κ1) is 17.6. The number of aryl methyl sites for hydroxylation is 1. The zero-order chi connectivity index (χ0) is 16.7. The van der Waals surface area contributed by atoms with Crippen molar-refractivity contribution in [1.29, 1.82) is 0 Å². The quantitative estimate of drug-likeness (QED) is 0.746. The zero-order valence-corrected chi connectivity index (χ0v) is 14.2. The topological polar surface area (TPSA) is 45.2 Å². The number of nitrogens with zero attached hydrogens (tertiary/aromatic N) is 2. The van der Waals surface area contributed by atoms with Gasteiger partial charge >= 0.3 is 0 Å². The molecule has 1 aromatic rings. The van der Waals surface area contributed by atoms with Crippen molar-refractivity contribution < 1.29 is 14.7 Å². The Morgan fingerprint density at radius 2 is 2.13 bits per heavy atom. The molecule has 5 heteroatoms. The van der Waals surface area contributed by atoms with E-state index in [0.29, 0.717) is 19.1 Å². The van der Waals surface area contributed by atoms with Crippen molar-refractivity contribution in [3.63, 3.8) is 0 Å². The van der Waals surface area contributed by atoms with Crippen LogP contribution in [0.2, 0.25) is 0 Å². The van der Waals surface area contributed by atoms with E-state index >= 15 is 0 Å². The summed E-state index contributed by atoms with van der Waals surface area (Å²) in [5.74, 6) is 1.24. The smallest absolute Gasteiger partial charge is 0.121 e. The van der Waals surface area contributed by atoms with Gasteiger partial charge in [0.15, 0.2) is 0 Å². The lowest BCUT2D eigenvalue weighted by molar-refractivity contribution is -0.0521. The molecule has 1 N–H and O–H groups in total. The number of ether oxygens (including phenoxy) is 2. The van der Waals surface area contributed by atoms with Crippen molar-refractivity contribution in [2.24, 2.45) is 5.92 Å². The minimum Gasteiger partial charge on any atom is -0.493 e. The molecule has 23 heavy (non-hydrogen) atoms. The van der Waals surface area contributed by atoms with E-state index in [2.05, 4.69) is 43.5 Å². The van der Waals surface area contributed by atoms with Gasteiger partial charge < -0.3 is 14.4 Å². The predicted molar refractivity (Wildman–Crippen MR) is 92.2 cm³/mol. The molecule has 1 atom stereocenters. The van der Waals surface area contributed by atoms with Gasteiger partial charge in [0.1, 0.15) is 5.75 Å². The summed E-state index contributed by atoms with van der Waals surface area (Å²) in [6.07, 6.45) is 2.30. The highest BCUT2D eigenvalue weighted by Crippen LogP contribution is 2.25. The van der Waals surface area contributed by atoms with Crippen LogP contribution in [0.25, 0.3) is 0 Å². The van der Waals surface area contributed by atoms with Gasteiger partial charge in [-0.15, -0.1) is 0 Å². The number of anilines is 1. The van der Waals surface area contributed by atoms with E-state index < -0.39 is 0 Å². The van der Waals surface area contributed by atoms with Gasteiger partial charge in [0.2, 0.25) is 0 Å². The first-order valence-corrected chi connectivity index (χ1v) is 8.23. The SMILES string of the molecule is C=CN(O)C[C@H](C)CCOc1cc(C)cc(N2CCOCC2)c1. The molecule has 0 amide bonds. The lowest BCUT2D eigenvalue weighted by atomic mass is 10.1. The highest BCUT2D eigenvalue weighted by atomic mass is 16.5. The minimum atomic E-state index is 0.335. The van der Waals surface area contributed by atoms with E-state index in [1.54, 1.807) is 0 Å². The Morgan fingerprint density at radius 3 is 2.83 bits per heavy atom. The fourth-order valence-electron chi connectivity index (χ4n) is 2.68. The predicted octanol–water partition coefficient (Wildman–Crippen LogP) is 3.07. The third-order valence-electron chi connectivity index (χ3n) is 4.00. The lowest BCUT2D eigenvalue weighted by Crippen LogP contribution is -2.36. The van der Waals surface area contributed by atoms with Crippen LogP contribution in [0.1, 0.15) is 18.9 Å². The van der Waals surface area contributed by atoms with E-state index in [0.717, 1.165) is 43.5 Å². The third-order valence-corrected chi connectivity index (χ3v) is 4.00. The first-order valence-electron chi connectivity index (χ1n) is 8.23. The van der Waals surface area contributed by atoms with Crippen LogP contribution in [0.4, 0.5) is 5.69 Å².